The minimum absolute atomic E-state index is 0.109. The molecule has 1 saturated heterocycles. The highest BCUT2D eigenvalue weighted by atomic mass is 16.7. The highest BCUT2D eigenvalue weighted by Gasteiger charge is 2.64. The van der Waals surface area contributed by atoms with Crippen molar-refractivity contribution in [3.63, 3.8) is 0 Å². The SMILES string of the molecule is CC#C[C@]1(O)CCC2C3CC[C@@]4(O)CC5(CCC4=C3[C@@H](c3ccc(C(O)C4CC4)cc3)C[C@@]21C)OCCO5. The Bertz CT molecular complexity index is 1200. The minimum Gasteiger partial charge on any atom is -0.388 e. The highest BCUT2D eigenvalue weighted by Crippen LogP contribution is 2.67. The van der Waals surface area contributed by atoms with Gasteiger partial charge in [0.1, 0.15) is 5.60 Å². The molecule has 1 heterocycles. The summed E-state index contributed by atoms with van der Waals surface area (Å²) < 4.78 is 12.1. The van der Waals surface area contributed by atoms with Gasteiger partial charge in [-0.15, -0.1) is 5.92 Å². The van der Waals surface area contributed by atoms with Crippen molar-refractivity contribution in [1.82, 2.24) is 0 Å². The Kier molecular flexibility index (Phi) is 5.76. The van der Waals surface area contributed by atoms with Crippen LogP contribution in [0.5, 0.6) is 0 Å². The fraction of sp³-hybridized carbons (Fsp3) is 0.697. The molecule has 6 aliphatic rings. The van der Waals surface area contributed by atoms with E-state index in [-0.39, 0.29) is 17.4 Å². The molecule has 5 fully saturated rings. The van der Waals surface area contributed by atoms with Crippen molar-refractivity contribution in [2.24, 2.45) is 23.2 Å². The molecule has 3 unspecified atom stereocenters. The van der Waals surface area contributed by atoms with E-state index in [0.717, 1.165) is 50.5 Å². The largest absolute Gasteiger partial charge is 0.388 e. The van der Waals surface area contributed by atoms with E-state index in [1.165, 1.54) is 16.7 Å². The molecule has 3 N–H and O–H groups in total. The van der Waals surface area contributed by atoms with Crippen molar-refractivity contribution in [2.75, 3.05) is 13.2 Å². The van der Waals surface area contributed by atoms with Crippen molar-refractivity contribution in [3.8, 4) is 11.8 Å². The number of hydrogen-bond donors (Lipinski definition) is 3. The molecule has 5 aliphatic carbocycles. The second kappa shape index (κ2) is 8.66. The van der Waals surface area contributed by atoms with Crippen LogP contribution >= 0.6 is 0 Å². The summed E-state index contributed by atoms with van der Waals surface area (Å²) in [6.07, 6.45) is 8.04. The van der Waals surface area contributed by atoms with Gasteiger partial charge in [-0.05, 0) is 92.7 Å². The van der Waals surface area contributed by atoms with Gasteiger partial charge in [0.25, 0.3) is 0 Å². The van der Waals surface area contributed by atoms with Crippen molar-refractivity contribution in [2.45, 2.75) is 107 Å². The Morgan fingerprint density at radius 1 is 0.974 bits per heavy atom. The van der Waals surface area contributed by atoms with Crippen molar-refractivity contribution in [3.05, 3.63) is 46.5 Å². The molecule has 4 saturated carbocycles. The van der Waals surface area contributed by atoms with Gasteiger partial charge in [0.05, 0.1) is 24.9 Å². The molecule has 5 nitrogen and oxygen atoms in total. The molecule has 0 aromatic heterocycles. The summed E-state index contributed by atoms with van der Waals surface area (Å²) >= 11 is 0. The Hall–Kier alpha value is -1.68. The topological polar surface area (TPSA) is 79.2 Å². The van der Waals surface area contributed by atoms with Crippen LogP contribution in [0.2, 0.25) is 0 Å². The van der Waals surface area contributed by atoms with Gasteiger partial charge in [0.2, 0.25) is 0 Å². The Morgan fingerprint density at radius 3 is 2.39 bits per heavy atom. The fourth-order valence-electron chi connectivity index (χ4n) is 9.34. The molecule has 1 spiro atoms. The lowest BCUT2D eigenvalue weighted by atomic mass is 9.49. The second-order valence-corrected chi connectivity index (χ2v) is 13.4. The van der Waals surface area contributed by atoms with Crippen LogP contribution in [0.1, 0.15) is 101 Å². The van der Waals surface area contributed by atoms with E-state index in [9.17, 15) is 15.3 Å². The first-order chi connectivity index (χ1) is 18.2. The molecule has 7 atom stereocenters. The molecule has 38 heavy (non-hydrogen) atoms. The molecule has 5 heteroatoms. The lowest BCUT2D eigenvalue weighted by Crippen LogP contribution is -2.55. The molecule has 1 aromatic carbocycles. The Morgan fingerprint density at radius 2 is 1.71 bits per heavy atom. The number of hydrogen-bond acceptors (Lipinski definition) is 5. The van der Waals surface area contributed by atoms with Crippen LogP contribution in [0.3, 0.4) is 0 Å². The summed E-state index contributed by atoms with van der Waals surface area (Å²) in [5.41, 5.74) is 2.64. The first kappa shape index (κ1) is 25.3. The van der Waals surface area contributed by atoms with Crippen LogP contribution in [0.25, 0.3) is 0 Å². The third-order valence-corrected chi connectivity index (χ3v) is 11.5. The number of aliphatic hydroxyl groups excluding tert-OH is 1. The van der Waals surface area contributed by atoms with E-state index >= 15 is 0 Å². The van der Waals surface area contributed by atoms with E-state index in [1.54, 1.807) is 0 Å². The van der Waals surface area contributed by atoms with Gasteiger partial charge >= 0.3 is 0 Å². The van der Waals surface area contributed by atoms with Gasteiger partial charge in [0, 0.05) is 24.2 Å². The molecular weight excluding hydrogens is 476 g/mol. The molecule has 0 bridgehead atoms. The van der Waals surface area contributed by atoms with Crippen LogP contribution in [-0.2, 0) is 9.47 Å². The summed E-state index contributed by atoms with van der Waals surface area (Å²) in [6, 6.07) is 8.59. The summed E-state index contributed by atoms with van der Waals surface area (Å²) in [6.45, 7) is 5.30. The van der Waals surface area contributed by atoms with E-state index in [2.05, 4.69) is 43.0 Å². The maximum absolute atomic E-state index is 12.2. The molecule has 7 rings (SSSR count). The number of benzene rings is 1. The number of ether oxygens (including phenoxy) is 2. The van der Waals surface area contributed by atoms with E-state index < -0.39 is 17.0 Å². The summed E-state index contributed by atoms with van der Waals surface area (Å²) in [7, 11) is 0. The average molecular weight is 519 g/mol. The lowest BCUT2D eigenvalue weighted by molar-refractivity contribution is -0.208. The first-order valence-corrected chi connectivity index (χ1v) is 14.9. The maximum atomic E-state index is 12.2. The van der Waals surface area contributed by atoms with Crippen molar-refractivity contribution >= 4 is 0 Å². The van der Waals surface area contributed by atoms with Gasteiger partial charge in [-0.1, -0.05) is 42.7 Å². The molecule has 0 amide bonds. The number of rotatable bonds is 3. The van der Waals surface area contributed by atoms with Crippen molar-refractivity contribution < 1.29 is 24.8 Å². The normalized spacial score (nSPS) is 42.2. The smallest absolute Gasteiger partial charge is 0.171 e. The van der Waals surface area contributed by atoms with Crippen LogP contribution in [0.15, 0.2) is 35.4 Å². The van der Waals surface area contributed by atoms with Gasteiger partial charge in [-0.3, -0.25) is 0 Å². The van der Waals surface area contributed by atoms with Gasteiger partial charge in [-0.25, -0.2) is 0 Å². The zero-order chi connectivity index (χ0) is 26.3. The first-order valence-electron chi connectivity index (χ1n) is 14.9. The highest BCUT2D eigenvalue weighted by molar-refractivity contribution is 5.45. The molecule has 1 aromatic rings. The average Bonchev–Trinajstić information content (AvgIpc) is 3.61. The standard InChI is InChI=1S/C33H42O5/c1-3-13-32(36)15-11-26-24-10-14-31(35)20-33(37-17-18-38-33)16-12-27(31)28(24)25(19-30(26,32)2)21-4-6-22(7-5-21)29(34)23-8-9-23/h4-7,23-26,29,34-36H,8-12,14-20H2,1-2H3/t24?,25-,26?,29?,30+,31-,32+/m1/s1. The number of aliphatic hydroxyl groups is 3. The van der Waals surface area contributed by atoms with Crippen molar-refractivity contribution in [1.29, 1.82) is 0 Å². The summed E-state index contributed by atoms with van der Waals surface area (Å²) in [5, 5.41) is 34.8. The molecule has 0 radical (unpaired) electrons. The summed E-state index contributed by atoms with van der Waals surface area (Å²) in [4.78, 5) is 0. The van der Waals surface area contributed by atoms with E-state index in [1.807, 2.05) is 6.92 Å². The van der Waals surface area contributed by atoms with Crippen LogP contribution < -0.4 is 0 Å². The zero-order valence-corrected chi connectivity index (χ0v) is 22.8. The second-order valence-electron chi connectivity index (χ2n) is 13.4. The number of fused-ring (bicyclic) bond motifs is 4. The fourth-order valence-corrected chi connectivity index (χ4v) is 9.34. The van der Waals surface area contributed by atoms with E-state index in [4.69, 9.17) is 9.47 Å². The maximum Gasteiger partial charge on any atom is 0.171 e. The molecule has 204 valence electrons. The van der Waals surface area contributed by atoms with Crippen LogP contribution in [-0.4, -0.2) is 45.5 Å². The number of allylic oxidation sites excluding steroid dienone is 1. The summed E-state index contributed by atoms with van der Waals surface area (Å²) in [5.74, 6) is 6.83. The van der Waals surface area contributed by atoms with Gasteiger partial charge < -0.3 is 24.8 Å². The molecule has 1 aliphatic heterocycles. The quantitative estimate of drug-likeness (QED) is 0.381. The predicted molar refractivity (Wildman–Crippen MR) is 144 cm³/mol. The predicted octanol–water partition coefficient (Wildman–Crippen LogP) is 5.15. The molecular formula is C33H42O5. The monoisotopic (exact) mass is 518 g/mol. The van der Waals surface area contributed by atoms with Crippen LogP contribution in [0, 0.1) is 35.0 Å². The Balaban J connectivity index is 1.33. The van der Waals surface area contributed by atoms with E-state index in [0.29, 0.717) is 50.2 Å². The Labute approximate surface area is 226 Å². The lowest BCUT2D eigenvalue weighted by Gasteiger charge is -2.57. The van der Waals surface area contributed by atoms with Gasteiger partial charge in [-0.2, -0.15) is 0 Å². The third-order valence-electron chi connectivity index (χ3n) is 11.5. The van der Waals surface area contributed by atoms with Crippen LogP contribution in [0.4, 0.5) is 0 Å². The van der Waals surface area contributed by atoms with Gasteiger partial charge in [0.15, 0.2) is 5.79 Å². The third kappa shape index (κ3) is 3.64. The minimum atomic E-state index is -0.987. The zero-order valence-electron chi connectivity index (χ0n) is 22.8.